The Hall–Kier alpha value is -0.650. The molecule has 0 spiro atoms. The highest BCUT2D eigenvalue weighted by atomic mass is 79.9. The fraction of sp³-hybridized carbons (Fsp3) is 0.500. The standard InChI is InChI=1S/C10H17BrN4/c1-3-5-9(14-12)10-8(11)7-13-15(10)6-4-2/h3,7,9,14H,1,4-6,12H2,2H3. The molecule has 1 unspecified atom stereocenters. The fourth-order valence-electron chi connectivity index (χ4n) is 1.53. The van der Waals surface area contributed by atoms with E-state index in [4.69, 9.17) is 5.84 Å². The van der Waals surface area contributed by atoms with Gasteiger partial charge in [0.1, 0.15) is 0 Å². The van der Waals surface area contributed by atoms with E-state index in [9.17, 15) is 0 Å². The van der Waals surface area contributed by atoms with E-state index in [0.717, 1.165) is 29.6 Å². The predicted octanol–water partition coefficient (Wildman–Crippen LogP) is 2.14. The van der Waals surface area contributed by atoms with Crippen LogP contribution in [-0.4, -0.2) is 9.78 Å². The molecule has 0 fully saturated rings. The van der Waals surface area contributed by atoms with E-state index in [2.05, 4.69) is 40.0 Å². The average molecular weight is 273 g/mol. The van der Waals surface area contributed by atoms with Crippen LogP contribution in [0.2, 0.25) is 0 Å². The molecule has 15 heavy (non-hydrogen) atoms. The lowest BCUT2D eigenvalue weighted by molar-refractivity contribution is 0.482. The van der Waals surface area contributed by atoms with E-state index in [1.54, 1.807) is 6.20 Å². The van der Waals surface area contributed by atoms with Crippen LogP contribution in [0.25, 0.3) is 0 Å². The highest BCUT2D eigenvalue weighted by Crippen LogP contribution is 2.25. The van der Waals surface area contributed by atoms with Crippen molar-refractivity contribution >= 4 is 15.9 Å². The van der Waals surface area contributed by atoms with Gasteiger partial charge < -0.3 is 0 Å². The Morgan fingerprint density at radius 1 is 1.80 bits per heavy atom. The number of nitrogens with zero attached hydrogens (tertiary/aromatic N) is 2. The molecule has 1 aromatic rings. The summed E-state index contributed by atoms with van der Waals surface area (Å²) >= 11 is 3.49. The second-order valence-electron chi connectivity index (χ2n) is 3.34. The molecule has 0 aromatic carbocycles. The normalized spacial score (nSPS) is 12.7. The number of aryl methyl sites for hydroxylation is 1. The highest BCUT2D eigenvalue weighted by Gasteiger charge is 2.17. The molecule has 0 amide bonds. The van der Waals surface area contributed by atoms with Crippen LogP contribution >= 0.6 is 15.9 Å². The van der Waals surface area contributed by atoms with Crippen LogP contribution in [0.5, 0.6) is 0 Å². The lowest BCUT2D eigenvalue weighted by atomic mass is 10.1. The van der Waals surface area contributed by atoms with Crippen molar-refractivity contribution in [3.8, 4) is 0 Å². The maximum atomic E-state index is 5.52. The molecular weight excluding hydrogens is 256 g/mol. The Balaban J connectivity index is 2.96. The molecule has 1 heterocycles. The number of nitrogens with two attached hydrogens (primary N) is 1. The van der Waals surface area contributed by atoms with E-state index < -0.39 is 0 Å². The van der Waals surface area contributed by atoms with E-state index in [1.165, 1.54) is 0 Å². The monoisotopic (exact) mass is 272 g/mol. The minimum absolute atomic E-state index is 0.0610. The predicted molar refractivity (Wildman–Crippen MR) is 65.1 cm³/mol. The van der Waals surface area contributed by atoms with Gasteiger partial charge in [0.25, 0.3) is 0 Å². The minimum atomic E-state index is 0.0610. The highest BCUT2D eigenvalue weighted by molar-refractivity contribution is 9.10. The molecule has 0 saturated heterocycles. The van der Waals surface area contributed by atoms with Crippen molar-refractivity contribution < 1.29 is 0 Å². The SMILES string of the molecule is C=CCC(NN)c1c(Br)cnn1CCC. The maximum Gasteiger partial charge on any atom is 0.0712 e. The zero-order valence-electron chi connectivity index (χ0n) is 8.91. The van der Waals surface area contributed by atoms with E-state index in [0.29, 0.717) is 0 Å². The van der Waals surface area contributed by atoms with Crippen LogP contribution in [0.1, 0.15) is 31.5 Å². The summed E-state index contributed by atoms with van der Waals surface area (Å²) in [5, 5.41) is 4.30. The van der Waals surface area contributed by atoms with Crippen molar-refractivity contribution in [2.45, 2.75) is 32.4 Å². The van der Waals surface area contributed by atoms with Gasteiger partial charge in [0.05, 0.1) is 22.4 Å². The molecule has 0 radical (unpaired) electrons. The fourth-order valence-corrected chi connectivity index (χ4v) is 2.11. The lowest BCUT2D eigenvalue weighted by Crippen LogP contribution is -2.29. The number of hydrazine groups is 1. The lowest BCUT2D eigenvalue weighted by Gasteiger charge is -2.16. The topological polar surface area (TPSA) is 55.9 Å². The third kappa shape index (κ3) is 2.90. The van der Waals surface area contributed by atoms with Crippen LogP contribution < -0.4 is 11.3 Å². The molecule has 5 heteroatoms. The summed E-state index contributed by atoms with van der Waals surface area (Å²) in [4.78, 5) is 0. The molecule has 84 valence electrons. The van der Waals surface area contributed by atoms with Crippen molar-refractivity contribution in [1.29, 1.82) is 0 Å². The van der Waals surface area contributed by atoms with Crippen molar-refractivity contribution in [2.24, 2.45) is 5.84 Å². The summed E-state index contributed by atoms with van der Waals surface area (Å²) in [5.41, 5.74) is 3.87. The Morgan fingerprint density at radius 3 is 3.07 bits per heavy atom. The van der Waals surface area contributed by atoms with Crippen LogP contribution in [0.4, 0.5) is 0 Å². The van der Waals surface area contributed by atoms with Gasteiger partial charge in [-0.25, -0.2) is 0 Å². The first kappa shape index (κ1) is 12.4. The number of rotatable bonds is 6. The summed E-state index contributed by atoms with van der Waals surface area (Å²) in [6.45, 7) is 6.74. The zero-order chi connectivity index (χ0) is 11.3. The molecule has 1 atom stereocenters. The van der Waals surface area contributed by atoms with Gasteiger partial charge >= 0.3 is 0 Å². The van der Waals surface area contributed by atoms with E-state index >= 15 is 0 Å². The van der Waals surface area contributed by atoms with Gasteiger partial charge in [-0.2, -0.15) is 5.10 Å². The Kier molecular flexibility index (Phi) is 5.01. The first-order chi connectivity index (χ1) is 7.24. The summed E-state index contributed by atoms with van der Waals surface area (Å²) < 4.78 is 2.96. The van der Waals surface area contributed by atoms with E-state index in [1.807, 2.05) is 10.8 Å². The molecule has 4 nitrogen and oxygen atoms in total. The largest absolute Gasteiger partial charge is 0.271 e. The Bertz CT molecular complexity index is 321. The quantitative estimate of drug-likeness (QED) is 0.474. The van der Waals surface area contributed by atoms with Gasteiger partial charge in [-0.15, -0.1) is 6.58 Å². The molecule has 1 aromatic heterocycles. The number of hydrogen-bond acceptors (Lipinski definition) is 3. The van der Waals surface area contributed by atoms with E-state index in [-0.39, 0.29) is 6.04 Å². The summed E-state index contributed by atoms with van der Waals surface area (Å²) in [6.07, 6.45) is 5.48. The molecular formula is C10H17BrN4. The second kappa shape index (κ2) is 6.05. The zero-order valence-corrected chi connectivity index (χ0v) is 10.5. The van der Waals surface area contributed by atoms with Crippen LogP contribution in [0.3, 0.4) is 0 Å². The van der Waals surface area contributed by atoms with Gasteiger partial charge in [0.2, 0.25) is 0 Å². The second-order valence-corrected chi connectivity index (χ2v) is 4.20. The van der Waals surface area contributed by atoms with Crippen LogP contribution in [0, 0.1) is 0 Å². The Morgan fingerprint density at radius 2 is 2.53 bits per heavy atom. The number of halogens is 1. The molecule has 0 aliphatic carbocycles. The van der Waals surface area contributed by atoms with Crippen LogP contribution in [-0.2, 0) is 6.54 Å². The Labute approximate surface area is 98.6 Å². The first-order valence-corrected chi connectivity index (χ1v) is 5.82. The third-order valence-electron chi connectivity index (χ3n) is 2.20. The van der Waals surface area contributed by atoms with Crippen molar-refractivity contribution in [3.63, 3.8) is 0 Å². The molecule has 3 N–H and O–H groups in total. The van der Waals surface area contributed by atoms with Gasteiger partial charge in [0.15, 0.2) is 0 Å². The average Bonchev–Trinajstić information content (AvgIpc) is 2.58. The third-order valence-corrected chi connectivity index (χ3v) is 2.81. The number of aromatic nitrogens is 2. The van der Waals surface area contributed by atoms with Crippen molar-refractivity contribution in [2.75, 3.05) is 0 Å². The molecule has 0 aliphatic rings. The number of hydrogen-bond donors (Lipinski definition) is 2. The number of nitrogens with one attached hydrogen (secondary N) is 1. The minimum Gasteiger partial charge on any atom is -0.271 e. The maximum absolute atomic E-state index is 5.52. The van der Waals surface area contributed by atoms with Crippen molar-refractivity contribution in [1.82, 2.24) is 15.2 Å². The van der Waals surface area contributed by atoms with Crippen molar-refractivity contribution in [3.05, 3.63) is 29.0 Å². The van der Waals surface area contributed by atoms with Gasteiger partial charge in [-0.3, -0.25) is 16.0 Å². The molecule has 0 aliphatic heterocycles. The van der Waals surface area contributed by atoms with Crippen LogP contribution in [0.15, 0.2) is 23.3 Å². The molecule has 0 saturated carbocycles. The summed E-state index contributed by atoms with van der Waals surface area (Å²) in [7, 11) is 0. The summed E-state index contributed by atoms with van der Waals surface area (Å²) in [5.74, 6) is 5.52. The van der Waals surface area contributed by atoms with Gasteiger partial charge in [-0.1, -0.05) is 13.0 Å². The summed E-state index contributed by atoms with van der Waals surface area (Å²) in [6, 6.07) is 0.0610. The molecule has 0 bridgehead atoms. The first-order valence-electron chi connectivity index (χ1n) is 5.02. The smallest absolute Gasteiger partial charge is 0.0712 e. The van der Waals surface area contributed by atoms with Gasteiger partial charge in [0, 0.05) is 6.54 Å². The van der Waals surface area contributed by atoms with Gasteiger partial charge in [-0.05, 0) is 28.8 Å². The molecule has 1 rings (SSSR count).